The zero-order chi connectivity index (χ0) is 20.9. The summed E-state index contributed by atoms with van der Waals surface area (Å²) >= 11 is 0. The molecule has 0 saturated heterocycles. The van der Waals surface area contributed by atoms with Gasteiger partial charge in [0.15, 0.2) is 0 Å². The molecule has 0 bridgehead atoms. The minimum atomic E-state index is -1.33. The SMILES string of the molecule is COC(=O)c1cc2c3ccccc3n3c2c(n1)C(O)C(C(=O)OC(C)(C)C)=CC3. The molecule has 150 valence electrons. The number of benzene rings is 1. The van der Waals surface area contributed by atoms with Crippen LogP contribution in [-0.2, 0) is 20.8 Å². The van der Waals surface area contributed by atoms with Crippen LogP contribution in [0.25, 0.3) is 21.8 Å². The molecule has 1 aromatic carbocycles. The van der Waals surface area contributed by atoms with E-state index < -0.39 is 23.6 Å². The third-order valence-electron chi connectivity index (χ3n) is 4.85. The van der Waals surface area contributed by atoms with Crippen LogP contribution in [0.5, 0.6) is 0 Å². The third kappa shape index (κ3) is 3.17. The maximum atomic E-state index is 12.7. The van der Waals surface area contributed by atoms with E-state index in [9.17, 15) is 14.7 Å². The second-order valence-corrected chi connectivity index (χ2v) is 7.97. The molecular weight excluding hydrogens is 372 g/mol. The van der Waals surface area contributed by atoms with Gasteiger partial charge in [0.25, 0.3) is 0 Å². The average molecular weight is 394 g/mol. The predicted octanol–water partition coefficient (Wildman–Crippen LogP) is 3.29. The lowest BCUT2D eigenvalue weighted by molar-refractivity contribution is -0.151. The molecule has 1 atom stereocenters. The fourth-order valence-corrected chi connectivity index (χ4v) is 3.67. The van der Waals surface area contributed by atoms with Crippen LogP contribution in [0.1, 0.15) is 43.1 Å². The van der Waals surface area contributed by atoms with Gasteiger partial charge < -0.3 is 19.1 Å². The first-order valence-corrected chi connectivity index (χ1v) is 9.33. The highest BCUT2D eigenvalue weighted by Crippen LogP contribution is 2.38. The summed E-state index contributed by atoms with van der Waals surface area (Å²) in [5.74, 6) is -1.22. The van der Waals surface area contributed by atoms with Crippen LogP contribution in [0.2, 0.25) is 0 Å². The summed E-state index contributed by atoms with van der Waals surface area (Å²) in [5.41, 5.74) is 1.30. The van der Waals surface area contributed by atoms with Crippen LogP contribution in [0.3, 0.4) is 0 Å². The number of allylic oxidation sites excluding steroid dienone is 1. The Bertz CT molecular complexity index is 1180. The number of pyridine rings is 1. The van der Waals surface area contributed by atoms with Gasteiger partial charge in [-0.3, -0.25) is 0 Å². The summed E-state index contributed by atoms with van der Waals surface area (Å²) < 4.78 is 12.3. The zero-order valence-corrected chi connectivity index (χ0v) is 16.7. The molecule has 29 heavy (non-hydrogen) atoms. The van der Waals surface area contributed by atoms with Crippen LogP contribution in [-0.4, -0.2) is 39.3 Å². The van der Waals surface area contributed by atoms with E-state index in [1.165, 1.54) is 7.11 Å². The molecule has 0 fully saturated rings. The molecule has 3 heterocycles. The molecule has 0 aliphatic carbocycles. The van der Waals surface area contributed by atoms with E-state index in [0.29, 0.717) is 12.1 Å². The smallest absolute Gasteiger partial charge is 0.356 e. The van der Waals surface area contributed by atoms with Crippen molar-refractivity contribution in [3.05, 3.63) is 53.4 Å². The Hall–Kier alpha value is -3.19. The fourth-order valence-electron chi connectivity index (χ4n) is 3.67. The van der Waals surface area contributed by atoms with Crippen LogP contribution < -0.4 is 0 Å². The maximum absolute atomic E-state index is 12.7. The van der Waals surface area contributed by atoms with Gasteiger partial charge in [0, 0.05) is 22.8 Å². The molecule has 0 saturated carbocycles. The number of carbonyl (C=O) groups is 2. The third-order valence-corrected chi connectivity index (χ3v) is 4.85. The van der Waals surface area contributed by atoms with Gasteiger partial charge in [0.1, 0.15) is 17.4 Å². The number of aliphatic hydroxyl groups excluding tert-OH is 1. The molecular formula is C22H22N2O5. The lowest BCUT2D eigenvalue weighted by Crippen LogP contribution is -2.27. The quantitative estimate of drug-likeness (QED) is 0.671. The van der Waals surface area contributed by atoms with Crippen LogP contribution >= 0.6 is 0 Å². The minimum absolute atomic E-state index is 0.0717. The standard InChI is InChI=1S/C22H22N2O5/c1-22(2,3)29-20(26)13-9-10-24-16-8-6-5-7-12(16)14-11-15(21(27)28-4)23-17(18(14)24)19(13)25/h5-9,11,19,25H,10H2,1-4H3. The van der Waals surface area contributed by atoms with E-state index in [-0.39, 0.29) is 17.0 Å². The molecule has 3 aromatic rings. The van der Waals surface area contributed by atoms with Crippen molar-refractivity contribution in [3.63, 3.8) is 0 Å². The van der Waals surface area contributed by atoms with Gasteiger partial charge in [-0.25, -0.2) is 14.6 Å². The van der Waals surface area contributed by atoms with Crippen LogP contribution in [0.4, 0.5) is 0 Å². The molecule has 7 nitrogen and oxygen atoms in total. The van der Waals surface area contributed by atoms with Gasteiger partial charge >= 0.3 is 11.9 Å². The summed E-state index contributed by atoms with van der Waals surface area (Å²) in [4.78, 5) is 29.3. The number of carbonyl (C=O) groups excluding carboxylic acids is 2. The molecule has 1 aliphatic rings. The summed E-state index contributed by atoms with van der Waals surface area (Å²) in [6.07, 6.45) is 0.326. The number of esters is 2. The van der Waals surface area contributed by atoms with Crippen molar-refractivity contribution in [1.82, 2.24) is 9.55 Å². The second-order valence-electron chi connectivity index (χ2n) is 7.97. The highest BCUT2D eigenvalue weighted by atomic mass is 16.6. The minimum Gasteiger partial charge on any atom is -0.464 e. The molecule has 0 spiro atoms. The molecule has 0 amide bonds. The van der Waals surface area contributed by atoms with Gasteiger partial charge in [0.2, 0.25) is 0 Å². The van der Waals surface area contributed by atoms with Gasteiger partial charge in [-0.2, -0.15) is 0 Å². The van der Waals surface area contributed by atoms with Crippen molar-refractivity contribution in [2.75, 3.05) is 7.11 Å². The van der Waals surface area contributed by atoms with Gasteiger partial charge in [-0.1, -0.05) is 24.3 Å². The van der Waals surface area contributed by atoms with Crippen LogP contribution in [0.15, 0.2) is 42.0 Å². The van der Waals surface area contributed by atoms with Crippen LogP contribution in [0, 0.1) is 0 Å². The van der Waals surface area contributed by atoms with Gasteiger partial charge in [0.05, 0.1) is 23.9 Å². The Morgan fingerprint density at radius 3 is 2.59 bits per heavy atom. The average Bonchev–Trinajstić information content (AvgIpc) is 2.90. The summed E-state index contributed by atoms with van der Waals surface area (Å²) in [5, 5.41) is 12.8. The Morgan fingerprint density at radius 2 is 1.90 bits per heavy atom. The highest BCUT2D eigenvalue weighted by molar-refractivity contribution is 6.11. The largest absolute Gasteiger partial charge is 0.464 e. The molecule has 4 rings (SSSR count). The molecule has 7 heteroatoms. The van der Waals surface area contributed by atoms with Crippen molar-refractivity contribution in [2.45, 2.75) is 39.0 Å². The molecule has 2 aromatic heterocycles. The van der Waals surface area contributed by atoms with Crippen molar-refractivity contribution in [2.24, 2.45) is 0 Å². The molecule has 1 N–H and O–H groups in total. The number of rotatable bonds is 2. The number of methoxy groups -OCH3 is 1. The number of hydrogen-bond acceptors (Lipinski definition) is 6. The number of fused-ring (bicyclic) bond motifs is 3. The Kier molecular flexibility index (Phi) is 4.42. The summed E-state index contributed by atoms with van der Waals surface area (Å²) in [6, 6.07) is 9.39. The zero-order valence-electron chi connectivity index (χ0n) is 16.7. The van der Waals surface area contributed by atoms with Crippen molar-refractivity contribution >= 4 is 33.7 Å². The Balaban J connectivity index is 1.98. The first-order chi connectivity index (χ1) is 13.7. The predicted molar refractivity (Wildman–Crippen MR) is 107 cm³/mol. The highest BCUT2D eigenvalue weighted by Gasteiger charge is 2.32. The number of nitrogens with zero attached hydrogens (tertiary/aromatic N) is 2. The topological polar surface area (TPSA) is 90.7 Å². The van der Waals surface area contributed by atoms with Gasteiger partial charge in [-0.15, -0.1) is 0 Å². The van der Waals surface area contributed by atoms with E-state index in [2.05, 4.69) is 4.98 Å². The lowest BCUT2D eigenvalue weighted by atomic mass is 10.0. The maximum Gasteiger partial charge on any atom is 0.356 e. The van der Waals surface area contributed by atoms with Gasteiger partial charge in [-0.05, 0) is 32.9 Å². The number of aliphatic hydroxyl groups is 1. The fraction of sp³-hybridized carbons (Fsp3) is 0.318. The van der Waals surface area contributed by atoms with E-state index in [1.54, 1.807) is 32.9 Å². The van der Waals surface area contributed by atoms with E-state index >= 15 is 0 Å². The second kappa shape index (κ2) is 6.70. The van der Waals surface area contributed by atoms with E-state index in [0.717, 1.165) is 16.3 Å². The lowest BCUT2D eigenvalue weighted by Gasteiger charge is -2.22. The summed E-state index contributed by atoms with van der Waals surface area (Å²) in [7, 11) is 1.28. The number of aromatic nitrogens is 2. The van der Waals surface area contributed by atoms with Crippen molar-refractivity contribution in [3.8, 4) is 0 Å². The van der Waals surface area contributed by atoms with E-state index in [4.69, 9.17) is 9.47 Å². The number of ether oxygens (including phenoxy) is 2. The molecule has 1 aliphatic heterocycles. The monoisotopic (exact) mass is 394 g/mol. The first kappa shape index (κ1) is 19.1. The number of hydrogen-bond donors (Lipinski definition) is 1. The van der Waals surface area contributed by atoms with Crippen molar-refractivity contribution < 1.29 is 24.2 Å². The van der Waals surface area contributed by atoms with Crippen molar-refractivity contribution in [1.29, 1.82) is 0 Å². The first-order valence-electron chi connectivity index (χ1n) is 9.33. The Labute approximate surface area is 167 Å². The molecule has 0 radical (unpaired) electrons. The van der Waals surface area contributed by atoms with E-state index in [1.807, 2.05) is 28.8 Å². The summed E-state index contributed by atoms with van der Waals surface area (Å²) in [6.45, 7) is 5.65. The molecule has 1 unspecified atom stereocenters. The Morgan fingerprint density at radius 1 is 1.17 bits per heavy atom. The normalized spacial score (nSPS) is 16.4. The number of para-hydroxylation sites is 1.